The van der Waals surface area contributed by atoms with Crippen molar-refractivity contribution in [2.75, 3.05) is 5.32 Å². The Morgan fingerprint density at radius 1 is 1.38 bits per heavy atom. The number of amides is 1. The van der Waals surface area contributed by atoms with Gasteiger partial charge in [-0.25, -0.2) is 0 Å². The molecule has 1 aromatic carbocycles. The molecule has 1 amide bonds. The third-order valence-electron chi connectivity index (χ3n) is 1.83. The molecule has 2 N–H and O–H groups in total. The van der Waals surface area contributed by atoms with Gasteiger partial charge in [0.05, 0.1) is 0 Å². The van der Waals surface area contributed by atoms with Crippen molar-refractivity contribution < 1.29 is 9.90 Å². The van der Waals surface area contributed by atoms with Crippen molar-refractivity contribution in [2.24, 2.45) is 0 Å². The van der Waals surface area contributed by atoms with Crippen molar-refractivity contribution in [3.8, 4) is 17.1 Å². The fraction of sp³-hybridized carbons (Fsp3) is 0.100. The van der Waals surface area contributed by atoms with E-state index in [1.807, 2.05) is 0 Å². The van der Waals surface area contributed by atoms with Gasteiger partial charge in [-0.3, -0.25) is 4.79 Å². The molecule has 0 unspecified atom stereocenters. The van der Waals surface area contributed by atoms with Crippen molar-refractivity contribution in [1.29, 1.82) is 0 Å². The van der Waals surface area contributed by atoms with Crippen LogP contribution < -0.4 is 5.32 Å². The van der Waals surface area contributed by atoms with E-state index in [2.05, 4.69) is 14.7 Å². The Morgan fingerprint density at radius 3 is 2.69 bits per heavy atom. The van der Waals surface area contributed by atoms with Crippen LogP contribution in [0.2, 0.25) is 0 Å². The summed E-state index contributed by atoms with van der Waals surface area (Å²) >= 11 is 1.12. The predicted octanol–water partition coefficient (Wildman–Crippen LogP) is 1.87. The second-order valence-electron chi connectivity index (χ2n) is 3.15. The number of aromatic hydroxyl groups is 1. The summed E-state index contributed by atoms with van der Waals surface area (Å²) in [5.74, 6) is 0.559. The molecule has 1 aromatic heterocycles. The molecule has 5 nitrogen and oxygen atoms in total. The zero-order valence-corrected chi connectivity index (χ0v) is 9.28. The Balaban J connectivity index is 2.24. The number of carbonyl (C=O) groups excluding carboxylic acids is 1. The van der Waals surface area contributed by atoms with Crippen LogP contribution in [-0.2, 0) is 4.79 Å². The SMILES string of the molecule is CC(=O)Nc1nc(-c2ccc(O)cc2)ns1. The number of nitrogens with zero attached hydrogens (tertiary/aromatic N) is 2. The van der Waals surface area contributed by atoms with E-state index >= 15 is 0 Å². The maximum atomic E-state index is 10.8. The number of hydrogen-bond acceptors (Lipinski definition) is 5. The maximum Gasteiger partial charge on any atom is 0.223 e. The minimum Gasteiger partial charge on any atom is -0.508 e. The lowest BCUT2D eigenvalue weighted by Gasteiger charge is -1.95. The van der Waals surface area contributed by atoms with E-state index in [4.69, 9.17) is 5.11 Å². The third kappa shape index (κ3) is 2.34. The molecule has 1 heterocycles. The molecule has 2 rings (SSSR count). The Hall–Kier alpha value is -1.95. The van der Waals surface area contributed by atoms with Crippen LogP contribution >= 0.6 is 11.5 Å². The number of benzene rings is 1. The molecule has 0 spiro atoms. The number of phenols is 1. The lowest BCUT2D eigenvalue weighted by molar-refractivity contribution is -0.114. The van der Waals surface area contributed by atoms with Crippen molar-refractivity contribution >= 4 is 22.6 Å². The average molecular weight is 235 g/mol. The van der Waals surface area contributed by atoms with Gasteiger partial charge < -0.3 is 10.4 Å². The Kier molecular flexibility index (Phi) is 2.82. The van der Waals surface area contributed by atoms with Crippen molar-refractivity contribution in [2.45, 2.75) is 6.92 Å². The first-order chi connectivity index (χ1) is 7.65. The Bertz CT molecular complexity index is 507. The second kappa shape index (κ2) is 4.28. The van der Waals surface area contributed by atoms with Gasteiger partial charge in [0.1, 0.15) is 5.75 Å². The largest absolute Gasteiger partial charge is 0.508 e. The van der Waals surface area contributed by atoms with Gasteiger partial charge in [0.25, 0.3) is 0 Å². The third-order valence-corrected chi connectivity index (χ3v) is 2.47. The maximum absolute atomic E-state index is 10.8. The number of carbonyl (C=O) groups is 1. The molecular formula is C10H9N3O2S. The summed E-state index contributed by atoms with van der Waals surface area (Å²) in [6.45, 7) is 1.42. The lowest BCUT2D eigenvalue weighted by Crippen LogP contribution is -2.04. The number of nitrogens with one attached hydrogen (secondary N) is 1. The molecule has 0 saturated carbocycles. The van der Waals surface area contributed by atoms with E-state index in [1.54, 1.807) is 24.3 Å². The average Bonchev–Trinajstić information content (AvgIpc) is 2.66. The molecular weight excluding hydrogens is 226 g/mol. The number of rotatable bonds is 2. The summed E-state index contributed by atoms with van der Waals surface area (Å²) in [5, 5.41) is 12.2. The Labute approximate surface area is 95.9 Å². The van der Waals surface area contributed by atoms with Gasteiger partial charge in [0.2, 0.25) is 11.0 Å². The number of anilines is 1. The quantitative estimate of drug-likeness (QED) is 0.833. The van der Waals surface area contributed by atoms with Crippen LogP contribution in [0, 0.1) is 0 Å². The molecule has 2 aromatic rings. The van der Waals surface area contributed by atoms with Gasteiger partial charge in [-0.2, -0.15) is 9.36 Å². The van der Waals surface area contributed by atoms with Gasteiger partial charge in [-0.05, 0) is 24.3 Å². The van der Waals surface area contributed by atoms with E-state index < -0.39 is 0 Å². The highest BCUT2D eigenvalue weighted by molar-refractivity contribution is 7.10. The fourth-order valence-corrected chi connectivity index (χ4v) is 1.79. The summed E-state index contributed by atoms with van der Waals surface area (Å²) < 4.78 is 4.10. The molecule has 82 valence electrons. The summed E-state index contributed by atoms with van der Waals surface area (Å²) in [6.07, 6.45) is 0. The molecule has 0 atom stereocenters. The highest BCUT2D eigenvalue weighted by Crippen LogP contribution is 2.22. The first-order valence-corrected chi connectivity index (χ1v) is 5.33. The van der Waals surface area contributed by atoms with Crippen molar-refractivity contribution in [3.63, 3.8) is 0 Å². The summed E-state index contributed by atoms with van der Waals surface area (Å²) in [4.78, 5) is 14.9. The first kappa shape index (κ1) is 10.6. The zero-order chi connectivity index (χ0) is 11.5. The summed E-state index contributed by atoms with van der Waals surface area (Å²) in [7, 11) is 0. The normalized spacial score (nSPS) is 10.1. The van der Waals surface area contributed by atoms with E-state index in [0.29, 0.717) is 11.0 Å². The molecule has 0 saturated heterocycles. The van der Waals surface area contributed by atoms with Crippen LogP contribution in [0.4, 0.5) is 5.13 Å². The zero-order valence-electron chi connectivity index (χ0n) is 8.47. The molecule has 0 bridgehead atoms. The van der Waals surface area contributed by atoms with Gasteiger partial charge >= 0.3 is 0 Å². The second-order valence-corrected chi connectivity index (χ2v) is 3.90. The fourth-order valence-electron chi connectivity index (χ4n) is 1.15. The minimum atomic E-state index is -0.173. The van der Waals surface area contributed by atoms with Crippen LogP contribution in [0.15, 0.2) is 24.3 Å². The van der Waals surface area contributed by atoms with Gasteiger partial charge in [-0.15, -0.1) is 0 Å². The van der Waals surface area contributed by atoms with E-state index in [-0.39, 0.29) is 11.7 Å². The van der Waals surface area contributed by atoms with Crippen LogP contribution in [0.5, 0.6) is 5.75 Å². The lowest BCUT2D eigenvalue weighted by atomic mass is 10.2. The highest BCUT2D eigenvalue weighted by Gasteiger charge is 2.07. The smallest absolute Gasteiger partial charge is 0.223 e. The topological polar surface area (TPSA) is 75.1 Å². The van der Waals surface area contributed by atoms with Crippen molar-refractivity contribution in [1.82, 2.24) is 9.36 Å². The van der Waals surface area contributed by atoms with Crippen LogP contribution in [0.3, 0.4) is 0 Å². The van der Waals surface area contributed by atoms with Gasteiger partial charge in [0, 0.05) is 24.0 Å². The summed E-state index contributed by atoms with van der Waals surface area (Å²) in [6, 6.07) is 6.56. The molecule has 0 aliphatic heterocycles. The molecule has 0 aliphatic carbocycles. The number of aromatic nitrogens is 2. The number of hydrogen-bond donors (Lipinski definition) is 2. The standard InChI is InChI=1S/C10H9N3O2S/c1-6(14)11-10-12-9(13-16-10)7-2-4-8(15)5-3-7/h2-5,15H,1H3,(H,11,12,13,14). The number of phenolic OH excluding ortho intramolecular Hbond substituents is 1. The monoisotopic (exact) mass is 235 g/mol. The van der Waals surface area contributed by atoms with Crippen LogP contribution in [0.1, 0.15) is 6.92 Å². The highest BCUT2D eigenvalue weighted by atomic mass is 32.1. The molecule has 0 radical (unpaired) electrons. The molecule has 0 aliphatic rings. The molecule has 0 fully saturated rings. The van der Waals surface area contributed by atoms with Crippen molar-refractivity contribution in [3.05, 3.63) is 24.3 Å². The Morgan fingerprint density at radius 2 is 2.06 bits per heavy atom. The van der Waals surface area contributed by atoms with E-state index in [9.17, 15) is 4.79 Å². The van der Waals surface area contributed by atoms with Gasteiger partial charge in [0.15, 0.2) is 5.82 Å². The van der Waals surface area contributed by atoms with Gasteiger partial charge in [-0.1, -0.05) is 0 Å². The minimum absolute atomic E-state index is 0.173. The summed E-state index contributed by atoms with van der Waals surface area (Å²) in [5.41, 5.74) is 0.797. The first-order valence-electron chi connectivity index (χ1n) is 4.56. The molecule has 16 heavy (non-hydrogen) atoms. The van der Waals surface area contributed by atoms with Crippen LogP contribution in [-0.4, -0.2) is 20.4 Å². The van der Waals surface area contributed by atoms with Crippen LogP contribution in [0.25, 0.3) is 11.4 Å². The van der Waals surface area contributed by atoms with E-state index in [0.717, 1.165) is 17.1 Å². The molecule has 6 heteroatoms. The van der Waals surface area contributed by atoms with E-state index in [1.165, 1.54) is 6.92 Å². The predicted molar refractivity (Wildman–Crippen MR) is 61.3 cm³/mol.